The number of pyridine rings is 1. The number of aromatic nitrogens is 1. The highest BCUT2D eigenvalue weighted by atomic mass is 32.2. The number of hydrogen-bond donors (Lipinski definition) is 1. The van der Waals surface area contributed by atoms with E-state index >= 15 is 0 Å². The Hall–Kier alpha value is -1.07. The molecule has 1 N–H and O–H groups in total. The highest BCUT2D eigenvalue weighted by Crippen LogP contribution is 2.31. The lowest BCUT2D eigenvalue weighted by atomic mass is 10.3. The number of carbonyl (C=O) groups is 1. The molecule has 86 valence electrons. The Balaban J connectivity index is 1.96. The first-order valence-corrected chi connectivity index (χ1v) is 6.31. The van der Waals surface area contributed by atoms with Crippen LogP contribution in [0.25, 0.3) is 0 Å². The third-order valence-electron chi connectivity index (χ3n) is 2.31. The van der Waals surface area contributed by atoms with Crippen molar-refractivity contribution in [2.24, 2.45) is 0 Å². The molecule has 1 aliphatic heterocycles. The fourth-order valence-corrected chi connectivity index (χ4v) is 2.74. The van der Waals surface area contributed by atoms with E-state index in [-0.39, 0.29) is 17.4 Å². The van der Waals surface area contributed by atoms with E-state index in [1.54, 1.807) is 18.0 Å². The molecule has 2 heterocycles. The number of hydrogen-bond acceptors (Lipinski definition) is 5. The summed E-state index contributed by atoms with van der Waals surface area (Å²) < 4.78 is 4.97. The van der Waals surface area contributed by atoms with E-state index in [1.165, 1.54) is 0 Å². The third kappa shape index (κ3) is 2.54. The molecule has 0 spiro atoms. The van der Waals surface area contributed by atoms with Crippen LogP contribution in [-0.2, 0) is 9.53 Å². The molecule has 5 heteroatoms. The van der Waals surface area contributed by atoms with Crippen molar-refractivity contribution in [3.8, 4) is 0 Å². The van der Waals surface area contributed by atoms with Gasteiger partial charge >= 0.3 is 5.97 Å². The molecule has 1 saturated heterocycles. The van der Waals surface area contributed by atoms with E-state index in [0.29, 0.717) is 6.61 Å². The van der Waals surface area contributed by atoms with E-state index in [0.717, 1.165) is 11.4 Å². The van der Waals surface area contributed by atoms with Crippen LogP contribution in [0.15, 0.2) is 24.4 Å². The number of nitrogens with zero attached hydrogens (tertiary/aromatic N) is 1. The average molecular weight is 238 g/mol. The molecule has 1 aromatic rings. The van der Waals surface area contributed by atoms with Gasteiger partial charge in [0.1, 0.15) is 6.04 Å². The van der Waals surface area contributed by atoms with Gasteiger partial charge in [0.15, 0.2) is 0 Å². The molecule has 0 saturated carbocycles. The number of ether oxygens (including phenoxy) is 1. The maximum Gasteiger partial charge on any atom is 0.324 e. The second-order valence-corrected chi connectivity index (χ2v) is 4.58. The summed E-state index contributed by atoms with van der Waals surface area (Å²) in [7, 11) is 0. The summed E-state index contributed by atoms with van der Waals surface area (Å²) in [6, 6.07) is 5.57. The minimum Gasteiger partial charge on any atom is -0.465 e. The standard InChI is InChI=1S/C11H14N2O2S/c1-2-15-11(14)9-7-16-10(13-9)8-5-3-4-6-12-8/h3-6,9-10,13H,2,7H2,1H3/t9-,10-/m1/s1. The van der Waals surface area contributed by atoms with Gasteiger partial charge in [0.05, 0.1) is 17.7 Å². The van der Waals surface area contributed by atoms with Crippen LogP contribution in [0.1, 0.15) is 18.0 Å². The number of nitrogens with one attached hydrogen (secondary N) is 1. The molecule has 1 aliphatic rings. The monoisotopic (exact) mass is 238 g/mol. The van der Waals surface area contributed by atoms with E-state index in [4.69, 9.17) is 4.74 Å². The quantitative estimate of drug-likeness (QED) is 0.806. The van der Waals surface area contributed by atoms with Crippen LogP contribution >= 0.6 is 11.8 Å². The van der Waals surface area contributed by atoms with Gasteiger partial charge < -0.3 is 4.74 Å². The van der Waals surface area contributed by atoms with Crippen LogP contribution in [-0.4, -0.2) is 29.4 Å². The Bertz CT molecular complexity index is 358. The van der Waals surface area contributed by atoms with Crippen molar-refractivity contribution in [3.05, 3.63) is 30.1 Å². The Morgan fingerprint density at radius 2 is 2.56 bits per heavy atom. The average Bonchev–Trinajstić information content (AvgIpc) is 2.80. The van der Waals surface area contributed by atoms with Crippen LogP contribution in [0.3, 0.4) is 0 Å². The molecule has 1 fully saturated rings. The van der Waals surface area contributed by atoms with Gasteiger partial charge in [-0.15, -0.1) is 11.8 Å². The molecule has 0 amide bonds. The summed E-state index contributed by atoms with van der Waals surface area (Å²) in [5.41, 5.74) is 0.958. The SMILES string of the molecule is CCOC(=O)[C@H]1CS[C@H](c2ccccn2)N1. The first-order chi connectivity index (χ1) is 7.81. The highest BCUT2D eigenvalue weighted by Gasteiger charge is 2.31. The summed E-state index contributed by atoms with van der Waals surface area (Å²) in [5.74, 6) is 0.563. The normalized spacial score (nSPS) is 24.3. The van der Waals surface area contributed by atoms with E-state index in [1.807, 2.05) is 25.1 Å². The van der Waals surface area contributed by atoms with Crippen molar-refractivity contribution < 1.29 is 9.53 Å². The van der Waals surface area contributed by atoms with Crippen molar-refractivity contribution >= 4 is 17.7 Å². The van der Waals surface area contributed by atoms with Crippen LogP contribution in [0.4, 0.5) is 0 Å². The zero-order valence-electron chi connectivity index (χ0n) is 9.05. The third-order valence-corrected chi connectivity index (χ3v) is 3.55. The van der Waals surface area contributed by atoms with Crippen molar-refractivity contribution in [1.29, 1.82) is 0 Å². The molecule has 2 atom stereocenters. The summed E-state index contributed by atoms with van der Waals surface area (Å²) in [5, 5.41) is 3.31. The molecule has 0 aliphatic carbocycles. The molecule has 0 bridgehead atoms. The van der Waals surface area contributed by atoms with E-state index in [9.17, 15) is 4.79 Å². The molecule has 0 unspecified atom stereocenters. The minimum atomic E-state index is -0.211. The topological polar surface area (TPSA) is 51.2 Å². The largest absolute Gasteiger partial charge is 0.465 e. The molecular weight excluding hydrogens is 224 g/mol. The van der Waals surface area contributed by atoms with Gasteiger partial charge in [-0.1, -0.05) is 6.07 Å². The number of carbonyl (C=O) groups excluding carboxylic acids is 1. The van der Waals surface area contributed by atoms with Gasteiger partial charge in [-0.05, 0) is 19.1 Å². The first kappa shape index (κ1) is 11.4. The lowest BCUT2D eigenvalue weighted by Crippen LogP contribution is -2.35. The van der Waals surface area contributed by atoms with Gasteiger partial charge in [0.2, 0.25) is 0 Å². The van der Waals surface area contributed by atoms with Crippen molar-refractivity contribution in [2.75, 3.05) is 12.4 Å². The van der Waals surface area contributed by atoms with Gasteiger partial charge in [-0.25, -0.2) is 0 Å². The molecule has 0 aromatic carbocycles. The first-order valence-electron chi connectivity index (χ1n) is 5.26. The maximum absolute atomic E-state index is 11.5. The Morgan fingerprint density at radius 3 is 3.25 bits per heavy atom. The molecular formula is C11H14N2O2S. The Morgan fingerprint density at radius 1 is 1.69 bits per heavy atom. The van der Waals surface area contributed by atoms with Gasteiger partial charge in [-0.2, -0.15) is 0 Å². The van der Waals surface area contributed by atoms with Gasteiger partial charge in [-0.3, -0.25) is 15.1 Å². The fraction of sp³-hybridized carbons (Fsp3) is 0.455. The second-order valence-electron chi connectivity index (χ2n) is 3.44. The zero-order chi connectivity index (χ0) is 11.4. The molecule has 1 aromatic heterocycles. The predicted octanol–water partition coefficient (Wildman–Crippen LogP) is 1.35. The van der Waals surface area contributed by atoms with Crippen LogP contribution in [0.5, 0.6) is 0 Å². The summed E-state index contributed by atoms with van der Waals surface area (Å²) >= 11 is 1.68. The fourth-order valence-electron chi connectivity index (χ4n) is 1.55. The lowest BCUT2D eigenvalue weighted by molar-refractivity contribution is -0.144. The maximum atomic E-state index is 11.5. The van der Waals surface area contributed by atoms with Gasteiger partial charge in [0, 0.05) is 11.9 Å². The van der Waals surface area contributed by atoms with Gasteiger partial charge in [0.25, 0.3) is 0 Å². The molecule has 4 nitrogen and oxygen atoms in total. The van der Waals surface area contributed by atoms with Crippen molar-refractivity contribution in [2.45, 2.75) is 18.3 Å². The molecule has 16 heavy (non-hydrogen) atoms. The Kier molecular flexibility index (Phi) is 3.79. The minimum absolute atomic E-state index is 0.0932. The van der Waals surface area contributed by atoms with Crippen molar-refractivity contribution in [3.63, 3.8) is 0 Å². The summed E-state index contributed by atoms with van der Waals surface area (Å²) in [6.07, 6.45) is 1.76. The number of rotatable bonds is 3. The molecule has 2 rings (SSSR count). The van der Waals surface area contributed by atoms with Crippen LogP contribution < -0.4 is 5.32 Å². The number of thioether (sulfide) groups is 1. The van der Waals surface area contributed by atoms with Crippen LogP contribution in [0, 0.1) is 0 Å². The summed E-state index contributed by atoms with van der Waals surface area (Å²) in [4.78, 5) is 15.8. The number of esters is 1. The molecule has 0 radical (unpaired) electrons. The zero-order valence-corrected chi connectivity index (χ0v) is 9.87. The highest BCUT2D eigenvalue weighted by molar-refractivity contribution is 7.99. The predicted molar refractivity (Wildman–Crippen MR) is 63.0 cm³/mol. The second kappa shape index (κ2) is 5.32. The smallest absolute Gasteiger partial charge is 0.324 e. The lowest BCUT2D eigenvalue weighted by Gasteiger charge is -2.11. The Labute approximate surface area is 98.8 Å². The van der Waals surface area contributed by atoms with E-state index in [2.05, 4.69) is 10.3 Å². The van der Waals surface area contributed by atoms with Crippen LogP contribution in [0.2, 0.25) is 0 Å². The summed E-state index contributed by atoms with van der Waals surface area (Å²) in [6.45, 7) is 2.24. The van der Waals surface area contributed by atoms with E-state index < -0.39 is 0 Å². The van der Waals surface area contributed by atoms with Crippen molar-refractivity contribution in [1.82, 2.24) is 10.3 Å².